The molecule has 2 aromatic carbocycles. The second-order valence-corrected chi connectivity index (χ2v) is 5.94. The molecule has 1 nitrogen and oxygen atoms in total. The Balaban J connectivity index is 2.15. The molecule has 0 N–H and O–H groups in total. The quantitative estimate of drug-likeness (QED) is 0.549. The Morgan fingerprint density at radius 1 is 1.11 bits per heavy atom. The Bertz CT molecular complexity index is 591. The van der Waals surface area contributed by atoms with E-state index < -0.39 is 0 Å². The Labute approximate surface area is 126 Å². The Morgan fingerprint density at radius 3 is 2.37 bits per heavy atom. The monoisotopic (exact) mass is 310 g/mol. The molecule has 0 amide bonds. The molecule has 0 aromatic heterocycles. The molecule has 0 unspecified atom stereocenters. The van der Waals surface area contributed by atoms with Crippen molar-refractivity contribution < 1.29 is 4.79 Å². The number of carbonyl (C=O) groups excluding carboxylic acids is 1. The fourth-order valence-electron chi connectivity index (χ4n) is 1.63. The van der Waals surface area contributed by atoms with Gasteiger partial charge < -0.3 is 0 Å². The van der Waals surface area contributed by atoms with Gasteiger partial charge in [-0.05, 0) is 36.8 Å². The molecule has 2 rings (SSSR count). The number of benzene rings is 2. The molecule has 0 atom stereocenters. The van der Waals surface area contributed by atoms with Gasteiger partial charge in [0.2, 0.25) is 0 Å². The van der Waals surface area contributed by atoms with Crippen LogP contribution in [0.3, 0.4) is 0 Å². The highest BCUT2D eigenvalue weighted by Gasteiger charge is 2.07. The first-order valence-corrected chi connectivity index (χ1v) is 7.49. The largest absolute Gasteiger partial charge is 0.295 e. The van der Waals surface area contributed by atoms with Crippen LogP contribution >= 0.6 is 35.0 Å². The zero-order valence-corrected chi connectivity index (χ0v) is 12.6. The number of hydrogen-bond acceptors (Lipinski definition) is 2. The molecule has 4 heteroatoms. The second kappa shape index (κ2) is 6.47. The second-order valence-electron chi connectivity index (χ2n) is 4.07. The van der Waals surface area contributed by atoms with E-state index in [1.54, 1.807) is 18.7 Å². The van der Waals surface area contributed by atoms with Gasteiger partial charge in [0.1, 0.15) is 0 Å². The van der Waals surface area contributed by atoms with Crippen LogP contribution in [0.2, 0.25) is 10.0 Å². The highest BCUT2D eigenvalue weighted by atomic mass is 35.5. The molecule has 0 aliphatic rings. The third kappa shape index (κ3) is 3.75. The third-order valence-corrected chi connectivity index (χ3v) is 4.41. The predicted octanol–water partition coefficient (Wildman–Crippen LogP) is 5.49. The summed E-state index contributed by atoms with van der Waals surface area (Å²) in [7, 11) is 0. The molecule has 19 heavy (non-hydrogen) atoms. The Hall–Kier alpha value is -0.960. The Morgan fingerprint density at radius 2 is 1.74 bits per heavy atom. The normalized spacial score (nSPS) is 10.5. The van der Waals surface area contributed by atoms with Gasteiger partial charge in [-0.1, -0.05) is 41.4 Å². The maximum atomic E-state index is 11.3. The SMILES string of the molecule is CC(=O)c1cccc(SCc2c(Cl)cccc2Cl)c1. The highest BCUT2D eigenvalue weighted by Crippen LogP contribution is 2.31. The van der Waals surface area contributed by atoms with E-state index in [4.69, 9.17) is 23.2 Å². The van der Waals surface area contributed by atoms with Crippen LogP contribution in [0, 0.1) is 0 Å². The maximum Gasteiger partial charge on any atom is 0.159 e. The zero-order chi connectivity index (χ0) is 13.8. The van der Waals surface area contributed by atoms with E-state index in [-0.39, 0.29) is 5.78 Å². The van der Waals surface area contributed by atoms with Crippen molar-refractivity contribution in [1.82, 2.24) is 0 Å². The molecule has 0 fully saturated rings. The van der Waals surface area contributed by atoms with Gasteiger partial charge in [-0.25, -0.2) is 0 Å². The number of rotatable bonds is 4. The van der Waals surface area contributed by atoms with Gasteiger partial charge in [0.15, 0.2) is 5.78 Å². The van der Waals surface area contributed by atoms with Crippen molar-refractivity contribution in [2.24, 2.45) is 0 Å². The fourth-order valence-corrected chi connectivity index (χ4v) is 3.33. The van der Waals surface area contributed by atoms with Gasteiger partial charge in [0, 0.05) is 26.3 Å². The predicted molar refractivity (Wildman–Crippen MR) is 82.5 cm³/mol. The van der Waals surface area contributed by atoms with E-state index in [1.165, 1.54) is 0 Å². The minimum absolute atomic E-state index is 0.0678. The van der Waals surface area contributed by atoms with Crippen molar-refractivity contribution in [2.45, 2.75) is 17.6 Å². The van der Waals surface area contributed by atoms with Crippen molar-refractivity contribution in [3.63, 3.8) is 0 Å². The van der Waals surface area contributed by atoms with Gasteiger partial charge >= 0.3 is 0 Å². The third-order valence-electron chi connectivity index (χ3n) is 2.69. The topological polar surface area (TPSA) is 17.1 Å². The average molecular weight is 311 g/mol. The van der Waals surface area contributed by atoms with E-state index >= 15 is 0 Å². The van der Waals surface area contributed by atoms with Crippen LogP contribution in [0.25, 0.3) is 0 Å². The van der Waals surface area contributed by atoms with Gasteiger partial charge in [-0.3, -0.25) is 4.79 Å². The molecule has 0 aliphatic carbocycles. The van der Waals surface area contributed by atoms with E-state index in [0.29, 0.717) is 15.8 Å². The van der Waals surface area contributed by atoms with Gasteiger partial charge in [0.05, 0.1) is 0 Å². The Kier molecular flexibility index (Phi) is 4.92. The average Bonchev–Trinajstić information content (AvgIpc) is 2.38. The smallest absolute Gasteiger partial charge is 0.159 e. The standard InChI is InChI=1S/C15H12Cl2OS/c1-10(18)11-4-2-5-12(8-11)19-9-13-14(16)6-3-7-15(13)17/h2-8H,9H2,1H3. The molecule has 0 radical (unpaired) electrons. The number of ketones is 1. The van der Waals surface area contributed by atoms with E-state index in [2.05, 4.69) is 0 Å². The summed E-state index contributed by atoms with van der Waals surface area (Å²) in [6, 6.07) is 13.0. The lowest BCUT2D eigenvalue weighted by molar-refractivity contribution is 0.101. The minimum atomic E-state index is 0.0678. The first-order valence-electron chi connectivity index (χ1n) is 5.74. The van der Waals surface area contributed by atoms with Crippen LogP contribution in [-0.4, -0.2) is 5.78 Å². The van der Waals surface area contributed by atoms with Crippen molar-refractivity contribution in [1.29, 1.82) is 0 Å². The summed E-state index contributed by atoms with van der Waals surface area (Å²) in [5.74, 6) is 0.748. The first kappa shape index (κ1) is 14.4. The van der Waals surface area contributed by atoms with Crippen molar-refractivity contribution in [3.05, 3.63) is 63.6 Å². The molecular weight excluding hydrogens is 299 g/mol. The lowest BCUT2D eigenvalue weighted by Gasteiger charge is -2.07. The first-order chi connectivity index (χ1) is 9.08. The highest BCUT2D eigenvalue weighted by molar-refractivity contribution is 7.98. The van der Waals surface area contributed by atoms with Crippen molar-refractivity contribution in [2.75, 3.05) is 0 Å². The fraction of sp³-hybridized carbons (Fsp3) is 0.133. The maximum absolute atomic E-state index is 11.3. The number of carbonyl (C=O) groups is 1. The molecule has 2 aromatic rings. The van der Waals surface area contributed by atoms with Crippen LogP contribution in [0.15, 0.2) is 47.4 Å². The zero-order valence-electron chi connectivity index (χ0n) is 10.3. The summed E-state index contributed by atoms with van der Waals surface area (Å²) < 4.78 is 0. The van der Waals surface area contributed by atoms with Crippen LogP contribution in [0.1, 0.15) is 22.8 Å². The van der Waals surface area contributed by atoms with Crippen LogP contribution < -0.4 is 0 Å². The summed E-state index contributed by atoms with van der Waals surface area (Å²) in [4.78, 5) is 12.4. The summed E-state index contributed by atoms with van der Waals surface area (Å²) in [5, 5.41) is 1.34. The molecule has 0 spiro atoms. The molecule has 0 bridgehead atoms. The van der Waals surface area contributed by atoms with Gasteiger partial charge in [-0.2, -0.15) is 0 Å². The van der Waals surface area contributed by atoms with Crippen LogP contribution in [0.5, 0.6) is 0 Å². The van der Waals surface area contributed by atoms with Crippen LogP contribution in [-0.2, 0) is 5.75 Å². The summed E-state index contributed by atoms with van der Waals surface area (Å²) in [6.45, 7) is 1.56. The van der Waals surface area contributed by atoms with E-state index in [9.17, 15) is 4.79 Å². The molecular formula is C15H12Cl2OS. The number of Topliss-reactive ketones (excluding diaryl/α,β-unsaturated/α-hetero) is 1. The van der Waals surface area contributed by atoms with Gasteiger partial charge in [0.25, 0.3) is 0 Å². The molecule has 98 valence electrons. The summed E-state index contributed by atoms with van der Waals surface area (Å²) >= 11 is 13.9. The minimum Gasteiger partial charge on any atom is -0.295 e. The molecule has 0 saturated carbocycles. The van der Waals surface area contributed by atoms with E-state index in [1.807, 2.05) is 42.5 Å². The van der Waals surface area contributed by atoms with Crippen LogP contribution in [0.4, 0.5) is 0 Å². The number of hydrogen-bond donors (Lipinski definition) is 0. The number of halogens is 2. The molecule has 0 heterocycles. The molecule has 0 saturated heterocycles. The van der Waals surface area contributed by atoms with Gasteiger partial charge in [-0.15, -0.1) is 11.8 Å². The van der Waals surface area contributed by atoms with Crippen molar-refractivity contribution >= 4 is 40.7 Å². The lowest BCUT2D eigenvalue weighted by Crippen LogP contribution is -1.91. The number of thioether (sulfide) groups is 1. The lowest BCUT2D eigenvalue weighted by atomic mass is 10.2. The van der Waals surface area contributed by atoms with E-state index in [0.717, 1.165) is 16.0 Å². The molecule has 0 aliphatic heterocycles. The van der Waals surface area contributed by atoms with Crippen molar-refractivity contribution in [3.8, 4) is 0 Å². The summed E-state index contributed by atoms with van der Waals surface area (Å²) in [6.07, 6.45) is 0. The summed E-state index contributed by atoms with van der Waals surface area (Å²) in [5.41, 5.74) is 1.64.